The van der Waals surface area contributed by atoms with Gasteiger partial charge in [0.1, 0.15) is 5.82 Å². The van der Waals surface area contributed by atoms with E-state index in [4.69, 9.17) is 0 Å². The van der Waals surface area contributed by atoms with Crippen molar-refractivity contribution < 1.29 is 0 Å². The fraction of sp³-hybridized carbons (Fsp3) is 0.600. The lowest BCUT2D eigenvalue weighted by Gasteiger charge is -2.08. The van der Waals surface area contributed by atoms with Gasteiger partial charge in [-0.1, -0.05) is 13.8 Å². The monoisotopic (exact) mass is 311 g/mol. The molecule has 118 valence electrons. The van der Waals surface area contributed by atoms with E-state index < -0.39 is 0 Å². The molecule has 0 aliphatic heterocycles. The lowest BCUT2D eigenvalue weighted by Crippen LogP contribution is -2.06. The van der Waals surface area contributed by atoms with Crippen LogP contribution in [0.15, 0.2) is 18.5 Å². The Morgan fingerprint density at radius 1 is 1.29 bits per heavy atom. The fourth-order valence-electron chi connectivity index (χ4n) is 2.13. The van der Waals surface area contributed by atoms with Gasteiger partial charge in [0, 0.05) is 43.2 Å². The third-order valence-corrected chi connectivity index (χ3v) is 3.61. The quantitative estimate of drug-likeness (QED) is 0.846. The summed E-state index contributed by atoms with van der Waals surface area (Å²) in [5.41, 5.74) is 2.32. The van der Waals surface area contributed by atoms with Crippen LogP contribution in [0.5, 0.6) is 0 Å². The molecule has 2 heterocycles. The van der Waals surface area contributed by atoms with Crippen molar-refractivity contribution in [2.75, 3.05) is 5.32 Å². The molecule has 5 nitrogen and oxygen atoms in total. The highest BCUT2D eigenvalue weighted by atomic mass is 35.5. The van der Waals surface area contributed by atoms with Crippen molar-refractivity contribution in [1.29, 1.82) is 0 Å². The van der Waals surface area contributed by atoms with Crippen LogP contribution in [0.2, 0.25) is 0 Å². The maximum atomic E-state index is 4.55. The molecule has 6 heteroatoms. The van der Waals surface area contributed by atoms with Crippen LogP contribution in [0.1, 0.15) is 50.9 Å². The number of rotatable bonds is 7. The minimum atomic E-state index is 0. The number of aromatic nitrogens is 4. The Labute approximate surface area is 133 Å². The summed E-state index contributed by atoms with van der Waals surface area (Å²) in [4.78, 5) is 0. The first-order chi connectivity index (χ1) is 9.63. The van der Waals surface area contributed by atoms with Gasteiger partial charge >= 0.3 is 0 Å². The summed E-state index contributed by atoms with van der Waals surface area (Å²) in [6.07, 6.45) is 6.35. The van der Waals surface area contributed by atoms with Gasteiger partial charge in [0.05, 0.1) is 5.69 Å². The fourth-order valence-corrected chi connectivity index (χ4v) is 2.13. The second-order valence-electron chi connectivity index (χ2n) is 5.29. The highest BCUT2D eigenvalue weighted by Gasteiger charge is 2.07. The molecule has 2 aromatic rings. The maximum Gasteiger partial charge on any atom is 0.148 e. The van der Waals surface area contributed by atoms with Gasteiger partial charge < -0.3 is 5.32 Å². The SMILES string of the molecule is CCCn1cc(CNc2ccn(C(C)CC)n2)c(C)n1.Cl. The first-order valence-corrected chi connectivity index (χ1v) is 7.46. The minimum Gasteiger partial charge on any atom is -0.364 e. The van der Waals surface area contributed by atoms with Crippen molar-refractivity contribution in [3.8, 4) is 0 Å². The summed E-state index contributed by atoms with van der Waals surface area (Å²) in [7, 11) is 0. The van der Waals surface area contributed by atoms with Gasteiger partial charge in [-0.05, 0) is 26.7 Å². The van der Waals surface area contributed by atoms with Gasteiger partial charge in [0.25, 0.3) is 0 Å². The third kappa shape index (κ3) is 4.49. The second-order valence-corrected chi connectivity index (χ2v) is 5.29. The van der Waals surface area contributed by atoms with Crippen LogP contribution >= 0.6 is 12.4 Å². The molecule has 0 saturated carbocycles. The third-order valence-electron chi connectivity index (χ3n) is 3.61. The van der Waals surface area contributed by atoms with Gasteiger partial charge in [-0.15, -0.1) is 12.4 Å². The summed E-state index contributed by atoms with van der Waals surface area (Å²) in [5.74, 6) is 0.924. The summed E-state index contributed by atoms with van der Waals surface area (Å²) in [6, 6.07) is 2.47. The van der Waals surface area contributed by atoms with Crippen LogP contribution in [0, 0.1) is 6.92 Å². The number of hydrogen-bond donors (Lipinski definition) is 1. The van der Waals surface area contributed by atoms with Crippen molar-refractivity contribution >= 4 is 18.2 Å². The molecular weight excluding hydrogens is 286 g/mol. The Hall–Kier alpha value is -1.49. The zero-order valence-corrected chi connectivity index (χ0v) is 14.2. The molecule has 0 saturated heterocycles. The van der Waals surface area contributed by atoms with E-state index in [0.717, 1.165) is 37.4 Å². The van der Waals surface area contributed by atoms with E-state index in [0.29, 0.717) is 6.04 Å². The number of halogens is 1. The first kappa shape index (κ1) is 17.6. The Morgan fingerprint density at radius 2 is 2.05 bits per heavy atom. The normalized spacial score (nSPS) is 12.0. The summed E-state index contributed by atoms with van der Waals surface area (Å²) in [5, 5.41) is 12.4. The molecule has 0 bridgehead atoms. The van der Waals surface area contributed by atoms with Crippen LogP contribution in [0.4, 0.5) is 5.82 Å². The predicted octanol–water partition coefficient (Wildman–Crippen LogP) is 3.80. The van der Waals surface area contributed by atoms with Crippen LogP contribution in [-0.4, -0.2) is 19.6 Å². The summed E-state index contributed by atoms with van der Waals surface area (Å²) in [6.45, 7) is 10.3. The average Bonchev–Trinajstić information content (AvgIpc) is 3.03. The van der Waals surface area contributed by atoms with Gasteiger partial charge in [0.2, 0.25) is 0 Å². The Kier molecular flexibility index (Phi) is 6.75. The largest absolute Gasteiger partial charge is 0.364 e. The summed E-state index contributed by atoms with van der Waals surface area (Å²) < 4.78 is 4.03. The van der Waals surface area contributed by atoms with E-state index in [1.54, 1.807) is 0 Å². The van der Waals surface area contributed by atoms with E-state index >= 15 is 0 Å². The standard InChI is InChI=1S/C15H25N5.ClH/c1-5-8-19-11-14(13(4)17-19)10-16-15-7-9-20(18-15)12(3)6-2;/h7,9,11-12H,5-6,8,10H2,1-4H3,(H,16,18);1H. The molecule has 0 aliphatic rings. The lowest BCUT2D eigenvalue weighted by atomic mass is 10.2. The smallest absolute Gasteiger partial charge is 0.148 e. The molecular formula is C15H26ClN5. The van der Waals surface area contributed by atoms with E-state index in [-0.39, 0.29) is 12.4 Å². The molecule has 2 aromatic heterocycles. The molecule has 0 aliphatic carbocycles. The number of nitrogens with zero attached hydrogens (tertiary/aromatic N) is 4. The molecule has 1 atom stereocenters. The van der Waals surface area contributed by atoms with Gasteiger partial charge in [-0.25, -0.2) is 0 Å². The zero-order valence-electron chi connectivity index (χ0n) is 13.3. The zero-order chi connectivity index (χ0) is 14.5. The molecule has 1 unspecified atom stereocenters. The van der Waals surface area contributed by atoms with E-state index in [1.165, 1.54) is 5.56 Å². The maximum absolute atomic E-state index is 4.55. The molecule has 0 fully saturated rings. The molecule has 21 heavy (non-hydrogen) atoms. The number of aryl methyl sites for hydroxylation is 2. The molecule has 1 N–H and O–H groups in total. The lowest BCUT2D eigenvalue weighted by molar-refractivity contribution is 0.479. The van der Waals surface area contributed by atoms with Crippen LogP contribution in [0.25, 0.3) is 0 Å². The van der Waals surface area contributed by atoms with Gasteiger partial charge in [0.15, 0.2) is 0 Å². The van der Waals surface area contributed by atoms with Gasteiger partial charge in [-0.2, -0.15) is 10.2 Å². The van der Waals surface area contributed by atoms with E-state index in [2.05, 4.69) is 49.4 Å². The minimum absolute atomic E-state index is 0. The highest BCUT2D eigenvalue weighted by Crippen LogP contribution is 2.13. The summed E-state index contributed by atoms with van der Waals surface area (Å²) >= 11 is 0. The van der Waals surface area contributed by atoms with Crippen molar-refractivity contribution in [1.82, 2.24) is 19.6 Å². The molecule has 2 rings (SSSR count). The van der Waals surface area contributed by atoms with Crippen molar-refractivity contribution in [3.63, 3.8) is 0 Å². The number of hydrogen-bond acceptors (Lipinski definition) is 3. The number of nitrogens with one attached hydrogen (secondary N) is 1. The van der Waals surface area contributed by atoms with Crippen LogP contribution < -0.4 is 5.32 Å². The highest BCUT2D eigenvalue weighted by molar-refractivity contribution is 5.85. The Bertz CT molecular complexity index is 546. The van der Waals surface area contributed by atoms with Crippen molar-refractivity contribution in [3.05, 3.63) is 29.7 Å². The molecule has 0 aromatic carbocycles. The van der Waals surface area contributed by atoms with Crippen molar-refractivity contribution in [2.24, 2.45) is 0 Å². The Balaban J connectivity index is 0.00000220. The van der Waals surface area contributed by atoms with Crippen LogP contribution in [-0.2, 0) is 13.1 Å². The second kappa shape index (κ2) is 8.08. The first-order valence-electron chi connectivity index (χ1n) is 7.46. The predicted molar refractivity (Wildman–Crippen MR) is 89.1 cm³/mol. The average molecular weight is 312 g/mol. The van der Waals surface area contributed by atoms with E-state index in [1.807, 2.05) is 21.6 Å². The van der Waals surface area contributed by atoms with Gasteiger partial charge in [-0.3, -0.25) is 9.36 Å². The van der Waals surface area contributed by atoms with Crippen LogP contribution in [0.3, 0.4) is 0 Å². The van der Waals surface area contributed by atoms with Crippen molar-refractivity contribution in [2.45, 2.75) is 59.7 Å². The molecule has 0 radical (unpaired) electrons. The van der Waals surface area contributed by atoms with E-state index in [9.17, 15) is 0 Å². The molecule has 0 amide bonds. The molecule has 0 spiro atoms. The topological polar surface area (TPSA) is 47.7 Å². The number of anilines is 1. The Morgan fingerprint density at radius 3 is 2.71 bits per heavy atom.